The van der Waals surface area contributed by atoms with Crippen molar-refractivity contribution in [3.63, 3.8) is 0 Å². The highest BCUT2D eigenvalue weighted by Gasteiger charge is 2.40. The van der Waals surface area contributed by atoms with Crippen LogP contribution in [0.15, 0.2) is 30.3 Å². The van der Waals surface area contributed by atoms with Crippen molar-refractivity contribution in [3.05, 3.63) is 47.3 Å². The summed E-state index contributed by atoms with van der Waals surface area (Å²) in [7, 11) is 0. The largest absolute Gasteiger partial charge is 0.474 e. The molecule has 1 unspecified atom stereocenters. The van der Waals surface area contributed by atoms with Crippen LogP contribution in [0, 0.1) is 11.3 Å². The number of hydrogen-bond donors (Lipinski definition) is 1. The number of alkyl halides is 3. The van der Waals surface area contributed by atoms with E-state index in [9.17, 15) is 18.0 Å². The van der Waals surface area contributed by atoms with Crippen molar-refractivity contribution in [2.75, 3.05) is 31.2 Å². The molecule has 0 saturated carbocycles. The van der Waals surface area contributed by atoms with Crippen LogP contribution in [-0.4, -0.2) is 54.3 Å². The predicted octanol–water partition coefficient (Wildman–Crippen LogP) is 2.86. The van der Waals surface area contributed by atoms with Gasteiger partial charge in [-0.25, -0.2) is 4.98 Å². The van der Waals surface area contributed by atoms with Crippen molar-refractivity contribution in [1.82, 2.24) is 15.3 Å². The van der Waals surface area contributed by atoms with Gasteiger partial charge in [-0.1, -0.05) is 12.1 Å². The number of carbonyl (C=O) groups is 1. The molecule has 0 spiro atoms. The van der Waals surface area contributed by atoms with E-state index in [2.05, 4.69) is 15.3 Å². The molecule has 2 aromatic rings. The van der Waals surface area contributed by atoms with Crippen LogP contribution in [0.4, 0.5) is 19.0 Å². The average molecular weight is 475 g/mol. The molecule has 1 aromatic heterocycles. The van der Waals surface area contributed by atoms with E-state index in [4.69, 9.17) is 14.7 Å². The van der Waals surface area contributed by atoms with Gasteiger partial charge in [0.2, 0.25) is 17.6 Å². The summed E-state index contributed by atoms with van der Waals surface area (Å²) in [6, 6.07) is 9.84. The summed E-state index contributed by atoms with van der Waals surface area (Å²) < 4.78 is 51.2. The Morgan fingerprint density at radius 3 is 2.56 bits per heavy atom. The number of aromatic nitrogens is 2. The van der Waals surface area contributed by atoms with E-state index in [0.717, 1.165) is 5.56 Å². The minimum absolute atomic E-state index is 0.0166. The summed E-state index contributed by atoms with van der Waals surface area (Å²) in [5.74, 6) is -1.71. The molecular formula is C23H24F3N5O3. The smallest absolute Gasteiger partial charge is 0.451 e. The van der Waals surface area contributed by atoms with Gasteiger partial charge in [0, 0.05) is 32.0 Å². The lowest BCUT2D eigenvalue weighted by molar-refractivity contribution is -0.145. The minimum Gasteiger partial charge on any atom is -0.474 e. The third-order valence-electron chi connectivity index (χ3n) is 5.81. The minimum atomic E-state index is -4.74. The third-order valence-corrected chi connectivity index (χ3v) is 5.81. The molecule has 2 aliphatic rings. The van der Waals surface area contributed by atoms with Gasteiger partial charge in [-0.2, -0.15) is 23.4 Å². The molecule has 8 nitrogen and oxygen atoms in total. The molecule has 0 aliphatic carbocycles. The highest BCUT2D eigenvalue weighted by molar-refractivity contribution is 5.86. The van der Waals surface area contributed by atoms with Crippen LogP contribution in [0.3, 0.4) is 0 Å². The van der Waals surface area contributed by atoms with Crippen molar-refractivity contribution in [1.29, 1.82) is 5.26 Å². The van der Waals surface area contributed by atoms with Gasteiger partial charge in [0.1, 0.15) is 18.0 Å². The van der Waals surface area contributed by atoms with Crippen LogP contribution in [0.5, 0.6) is 5.88 Å². The zero-order chi connectivity index (χ0) is 24.1. The molecule has 4 rings (SSSR count). The Hall–Kier alpha value is -3.39. The maximum Gasteiger partial charge on any atom is 0.451 e. The van der Waals surface area contributed by atoms with Gasteiger partial charge in [-0.05, 0) is 30.5 Å². The summed E-state index contributed by atoms with van der Waals surface area (Å²) in [4.78, 5) is 21.4. The number of benzene rings is 1. The molecule has 11 heteroatoms. The van der Waals surface area contributed by atoms with E-state index < -0.39 is 18.0 Å². The van der Waals surface area contributed by atoms with E-state index in [0.29, 0.717) is 57.6 Å². The molecule has 180 valence electrons. The summed E-state index contributed by atoms with van der Waals surface area (Å²) in [5, 5.41) is 11.7. The predicted molar refractivity (Wildman–Crippen MR) is 115 cm³/mol. The molecule has 3 heterocycles. The van der Waals surface area contributed by atoms with E-state index in [-0.39, 0.29) is 23.7 Å². The first-order chi connectivity index (χ1) is 16.3. The Labute approximate surface area is 194 Å². The highest BCUT2D eigenvalue weighted by Crippen LogP contribution is 2.33. The van der Waals surface area contributed by atoms with Crippen molar-refractivity contribution in [3.8, 4) is 11.9 Å². The number of anilines is 1. The lowest BCUT2D eigenvalue weighted by Crippen LogP contribution is -2.57. The molecule has 0 bridgehead atoms. The van der Waals surface area contributed by atoms with E-state index in [1.807, 2.05) is 18.2 Å². The Kier molecular flexibility index (Phi) is 7.17. The van der Waals surface area contributed by atoms with Gasteiger partial charge < -0.3 is 19.7 Å². The zero-order valence-corrected chi connectivity index (χ0v) is 18.3. The third kappa shape index (κ3) is 5.75. The topological polar surface area (TPSA) is 100 Å². The van der Waals surface area contributed by atoms with Crippen molar-refractivity contribution in [2.24, 2.45) is 0 Å². The molecule has 0 radical (unpaired) electrons. The summed E-state index contributed by atoms with van der Waals surface area (Å²) in [6.45, 7) is 1.72. The highest BCUT2D eigenvalue weighted by atomic mass is 19.4. The van der Waals surface area contributed by atoms with E-state index >= 15 is 0 Å². The Balaban J connectivity index is 1.41. The number of nitrogens with one attached hydrogen (secondary N) is 1. The number of carbonyl (C=O) groups excluding carboxylic acids is 1. The van der Waals surface area contributed by atoms with Crippen molar-refractivity contribution in [2.45, 2.75) is 44.0 Å². The molecule has 2 fully saturated rings. The number of rotatable bonds is 7. The second kappa shape index (κ2) is 10.3. The van der Waals surface area contributed by atoms with Crippen molar-refractivity contribution >= 4 is 11.7 Å². The van der Waals surface area contributed by atoms with Crippen LogP contribution >= 0.6 is 0 Å². The van der Waals surface area contributed by atoms with Gasteiger partial charge >= 0.3 is 6.18 Å². The Bertz CT molecular complexity index is 1050. The Morgan fingerprint density at radius 1 is 1.21 bits per heavy atom. The van der Waals surface area contributed by atoms with Gasteiger partial charge in [-0.15, -0.1) is 0 Å². The van der Waals surface area contributed by atoms with E-state index in [1.165, 1.54) is 11.0 Å². The number of halogens is 3. The second-order valence-corrected chi connectivity index (χ2v) is 8.16. The standard InChI is InChI=1S/C23H24F3N5O3/c24-23(25,26)22-29-19(13-20(30-22)34-17-7-11-33-12-8-17)31-10-6-18(31)21(32)28-9-5-15-1-3-16(14-27)4-2-15/h1-4,13,17-18H,5-12H2,(H,28,32). The number of nitriles is 1. The number of ether oxygens (including phenoxy) is 2. The van der Waals surface area contributed by atoms with Crippen LogP contribution in [0.2, 0.25) is 0 Å². The second-order valence-electron chi connectivity index (χ2n) is 8.16. The summed E-state index contributed by atoms with van der Waals surface area (Å²) >= 11 is 0. The van der Waals surface area contributed by atoms with Gasteiger partial charge in [0.05, 0.1) is 24.8 Å². The molecule has 34 heavy (non-hydrogen) atoms. The molecule has 1 N–H and O–H groups in total. The quantitative estimate of drug-likeness (QED) is 0.657. The molecule has 2 aliphatic heterocycles. The lowest BCUT2D eigenvalue weighted by atomic mass is 10.0. The summed E-state index contributed by atoms with van der Waals surface area (Å²) in [6.07, 6.45) is -2.82. The fraction of sp³-hybridized carbons (Fsp3) is 0.478. The fourth-order valence-corrected chi connectivity index (χ4v) is 3.84. The number of hydrogen-bond acceptors (Lipinski definition) is 7. The Morgan fingerprint density at radius 2 is 1.94 bits per heavy atom. The zero-order valence-electron chi connectivity index (χ0n) is 18.3. The maximum atomic E-state index is 13.4. The molecule has 1 atom stereocenters. The normalized spacial score (nSPS) is 18.6. The van der Waals surface area contributed by atoms with Crippen LogP contribution in [0.25, 0.3) is 0 Å². The molecule has 1 amide bonds. The first-order valence-corrected chi connectivity index (χ1v) is 11.1. The monoisotopic (exact) mass is 475 g/mol. The average Bonchev–Trinajstić information content (AvgIpc) is 2.79. The first kappa shape index (κ1) is 23.8. The van der Waals surface area contributed by atoms with Crippen molar-refractivity contribution < 1.29 is 27.4 Å². The summed E-state index contributed by atoms with van der Waals surface area (Å²) in [5.41, 5.74) is 1.52. The first-order valence-electron chi connectivity index (χ1n) is 11.1. The van der Waals surface area contributed by atoms with Crippen LogP contribution in [-0.2, 0) is 22.1 Å². The van der Waals surface area contributed by atoms with Gasteiger partial charge in [0.15, 0.2) is 0 Å². The van der Waals surface area contributed by atoms with Gasteiger partial charge in [-0.3, -0.25) is 4.79 Å². The SMILES string of the molecule is N#Cc1ccc(CCNC(=O)C2CCN2c2cc(OC3CCOCC3)nc(C(F)(F)F)n2)cc1. The van der Waals surface area contributed by atoms with Crippen LogP contribution in [0.1, 0.15) is 36.2 Å². The molecular weight excluding hydrogens is 451 g/mol. The van der Waals surface area contributed by atoms with E-state index in [1.54, 1.807) is 12.1 Å². The molecule has 2 saturated heterocycles. The number of nitrogens with zero attached hydrogens (tertiary/aromatic N) is 4. The van der Waals surface area contributed by atoms with Crippen LogP contribution < -0.4 is 15.0 Å². The lowest BCUT2D eigenvalue weighted by Gasteiger charge is -2.40. The molecule has 1 aromatic carbocycles. The maximum absolute atomic E-state index is 13.4. The fourth-order valence-electron chi connectivity index (χ4n) is 3.84. The van der Waals surface area contributed by atoms with Gasteiger partial charge in [0.25, 0.3) is 0 Å². The number of amides is 1.